The van der Waals surface area contributed by atoms with Crippen LogP contribution in [-0.2, 0) is 13.1 Å². The second kappa shape index (κ2) is 8.36. The standard InChI is InChI=1S/C22H23N3O2/c1-15-19(21(26)23-13-17-9-5-3-6-10-17)16(2)25-20(15)22(27)24-14-18-11-7-4-8-12-18/h3-12,25H,13-14H2,1-2H3,(H,23,26)(H,24,27). The summed E-state index contributed by atoms with van der Waals surface area (Å²) in [7, 11) is 0. The third kappa shape index (κ3) is 4.44. The van der Waals surface area contributed by atoms with E-state index in [2.05, 4.69) is 15.6 Å². The quantitative estimate of drug-likeness (QED) is 0.629. The van der Waals surface area contributed by atoms with E-state index >= 15 is 0 Å². The summed E-state index contributed by atoms with van der Waals surface area (Å²) in [6.07, 6.45) is 0. The van der Waals surface area contributed by atoms with E-state index in [9.17, 15) is 9.59 Å². The molecule has 0 spiro atoms. The van der Waals surface area contributed by atoms with Gasteiger partial charge in [-0.25, -0.2) is 0 Å². The minimum absolute atomic E-state index is 0.188. The van der Waals surface area contributed by atoms with Crippen molar-refractivity contribution < 1.29 is 9.59 Å². The molecule has 1 aromatic heterocycles. The number of benzene rings is 2. The molecule has 0 saturated heterocycles. The number of nitrogens with one attached hydrogen (secondary N) is 3. The van der Waals surface area contributed by atoms with Gasteiger partial charge in [-0.15, -0.1) is 0 Å². The van der Waals surface area contributed by atoms with Crippen LogP contribution in [0.25, 0.3) is 0 Å². The summed E-state index contributed by atoms with van der Waals surface area (Å²) in [5, 5.41) is 5.81. The highest BCUT2D eigenvalue weighted by Gasteiger charge is 2.21. The predicted molar refractivity (Wildman–Crippen MR) is 105 cm³/mol. The number of aromatic nitrogens is 1. The number of rotatable bonds is 6. The predicted octanol–water partition coefficient (Wildman–Crippen LogP) is 3.49. The molecule has 0 atom stereocenters. The van der Waals surface area contributed by atoms with E-state index in [0.717, 1.165) is 11.1 Å². The Morgan fingerprint density at radius 1 is 0.778 bits per heavy atom. The second-order valence-electron chi connectivity index (χ2n) is 6.46. The van der Waals surface area contributed by atoms with Crippen molar-refractivity contribution in [3.8, 4) is 0 Å². The van der Waals surface area contributed by atoms with Crippen LogP contribution in [-0.4, -0.2) is 16.8 Å². The van der Waals surface area contributed by atoms with Crippen molar-refractivity contribution in [1.82, 2.24) is 15.6 Å². The van der Waals surface area contributed by atoms with Crippen molar-refractivity contribution in [2.45, 2.75) is 26.9 Å². The third-order valence-electron chi connectivity index (χ3n) is 4.48. The molecule has 0 unspecified atom stereocenters. The van der Waals surface area contributed by atoms with Crippen LogP contribution in [0.4, 0.5) is 0 Å². The van der Waals surface area contributed by atoms with Crippen molar-refractivity contribution in [3.63, 3.8) is 0 Å². The molecule has 2 amide bonds. The lowest BCUT2D eigenvalue weighted by Gasteiger charge is -2.07. The van der Waals surface area contributed by atoms with Crippen molar-refractivity contribution in [2.75, 3.05) is 0 Å². The maximum atomic E-state index is 12.6. The van der Waals surface area contributed by atoms with E-state index in [4.69, 9.17) is 0 Å². The molecule has 0 radical (unpaired) electrons. The monoisotopic (exact) mass is 361 g/mol. The summed E-state index contributed by atoms with van der Waals surface area (Å²) in [5.74, 6) is -0.409. The van der Waals surface area contributed by atoms with Gasteiger partial charge in [-0.2, -0.15) is 0 Å². The molecule has 0 bridgehead atoms. The van der Waals surface area contributed by atoms with Gasteiger partial charge in [-0.3, -0.25) is 9.59 Å². The first kappa shape index (κ1) is 18.5. The molecule has 3 rings (SSSR count). The Kier molecular flexibility index (Phi) is 5.71. The lowest BCUT2D eigenvalue weighted by atomic mass is 10.1. The van der Waals surface area contributed by atoms with Crippen molar-refractivity contribution in [2.24, 2.45) is 0 Å². The molecular formula is C22H23N3O2. The van der Waals surface area contributed by atoms with E-state index in [-0.39, 0.29) is 11.8 Å². The smallest absolute Gasteiger partial charge is 0.268 e. The molecule has 0 saturated carbocycles. The molecule has 2 aromatic carbocycles. The third-order valence-corrected chi connectivity index (χ3v) is 4.48. The SMILES string of the molecule is Cc1[nH]c(C(=O)NCc2ccccc2)c(C)c1C(=O)NCc1ccccc1. The Hall–Kier alpha value is -3.34. The molecule has 3 N–H and O–H groups in total. The lowest BCUT2D eigenvalue weighted by molar-refractivity contribution is 0.0943. The Bertz CT molecular complexity index is 931. The van der Waals surface area contributed by atoms with Gasteiger partial charge in [0.05, 0.1) is 5.56 Å². The molecule has 27 heavy (non-hydrogen) atoms. The zero-order chi connectivity index (χ0) is 19.2. The average Bonchev–Trinajstić information content (AvgIpc) is 3.00. The van der Waals surface area contributed by atoms with Gasteiger partial charge in [0.25, 0.3) is 11.8 Å². The highest BCUT2D eigenvalue weighted by Crippen LogP contribution is 2.18. The molecular weight excluding hydrogens is 338 g/mol. The largest absolute Gasteiger partial charge is 0.354 e. The van der Waals surface area contributed by atoms with Crippen LogP contribution in [0.5, 0.6) is 0 Å². The van der Waals surface area contributed by atoms with Crippen molar-refractivity contribution in [3.05, 3.63) is 94.3 Å². The zero-order valence-electron chi connectivity index (χ0n) is 15.5. The molecule has 0 fully saturated rings. The topological polar surface area (TPSA) is 74.0 Å². The van der Waals surface area contributed by atoms with Crippen LogP contribution in [0.15, 0.2) is 60.7 Å². The molecule has 138 valence electrons. The summed E-state index contributed by atoms with van der Waals surface area (Å²) in [6, 6.07) is 19.4. The second-order valence-corrected chi connectivity index (χ2v) is 6.46. The summed E-state index contributed by atoms with van der Waals surface area (Å²) >= 11 is 0. The molecule has 0 aliphatic carbocycles. The van der Waals surface area contributed by atoms with Crippen LogP contribution in [0.2, 0.25) is 0 Å². The highest BCUT2D eigenvalue weighted by molar-refractivity contribution is 6.02. The number of aromatic amines is 1. The van der Waals surface area contributed by atoms with Gasteiger partial charge in [0.15, 0.2) is 0 Å². The van der Waals surface area contributed by atoms with E-state index < -0.39 is 0 Å². The molecule has 5 heteroatoms. The Morgan fingerprint density at radius 3 is 1.78 bits per heavy atom. The van der Waals surface area contributed by atoms with Crippen molar-refractivity contribution in [1.29, 1.82) is 0 Å². The van der Waals surface area contributed by atoms with Gasteiger partial charge < -0.3 is 15.6 Å². The number of amides is 2. The van der Waals surface area contributed by atoms with Crippen LogP contribution in [0.1, 0.15) is 43.2 Å². The Balaban J connectivity index is 1.68. The normalized spacial score (nSPS) is 10.4. The van der Waals surface area contributed by atoms with Crippen LogP contribution in [0.3, 0.4) is 0 Å². The summed E-state index contributed by atoms with van der Waals surface area (Å²) < 4.78 is 0. The maximum absolute atomic E-state index is 12.6. The van der Waals surface area contributed by atoms with E-state index in [1.807, 2.05) is 60.7 Å². The molecule has 3 aromatic rings. The molecule has 0 aliphatic rings. The van der Waals surface area contributed by atoms with E-state index in [0.29, 0.717) is 35.6 Å². The maximum Gasteiger partial charge on any atom is 0.268 e. The van der Waals surface area contributed by atoms with Crippen LogP contribution < -0.4 is 10.6 Å². The van der Waals surface area contributed by atoms with Crippen LogP contribution >= 0.6 is 0 Å². The van der Waals surface area contributed by atoms with Gasteiger partial charge in [-0.05, 0) is 30.5 Å². The van der Waals surface area contributed by atoms with Gasteiger partial charge in [-0.1, -0.05) is 60.7 Å². The highest BCUT2D eigenvalue weighted by atomic mass is 16.2. The number of carbonyl (C=O) groups excluding carboxylic acids is 2. The van der Waals surface area contributed by atoms with Gasteiger partial charge >= 0.3 is 0 Å². The number of carbonyl (C=O) groups is 2. The number of aryl methyl sites for hydroxylation is 1. The first-order chi connectivity index (χ1) is 13.1. The summed E-state index contributed by atoms with van der Waals surface area (Å²) in [4.78, 5) is 28.2. The minimum Gasteiger partial charge on any atom is -0.354 e. The number of hydrogen-bond donors (Lipinski definition) is 3. The Labute approximate surface area is 158 Å². The fraction of sp³-hybridized carbons (Fsp3) is 0.182. The summed E-state index contributed by atoms with van der Waals surface area (Å²) in [5.41, 5.74) is 4.33. The fourth-order valence-electron chi connectivity index (χ4n) is 3.05. The van der Waals surface area contributed by atoms with E-state index in [1.165, 1.54) is 0 Å². The fourth-order valence-corrected chi connectivity index (χ4v) is 3.05. The summed E-state index contributed by atoms with van der Waals surface area (Å²) in [6.45, 7) is 4.47. The van der Waals surface area contributed by atoms with Crippen molar-refractivity contribution >= 4 is 11.8 Å². The molecule has 5 nitrogen and oxygen atoms in total. The van der Waals surface area contributed by atoms with E-state index in [1.54, 1.807) is 13.8 Å². The Morgan fingerprint density at radius 2 is 1.26 bits per heavy atom. The average molecular weight is 361 g/mol. The first-order valence-corrected chi connectivity index (χ1v) is 8.89. The zero-order valence-corrected chi connectivity index (χ0v) is 15.5. The molecule has 0 aliphatic heterocycles. The first-order valence-electron chi connectivity index (χ1n) is 8.89. The van der Waals surface area contributed by atoms with Gasteiger partial charge in [0.2, 0.25) is 0 Å². The number of H-pyrrole nitrogens is 1. The number of hydrogen-bond acceptors (Lipinski definition) is 2. The van der Waals surface area contributed by atoms with Gasteiger partial charge in [0, 0.05) is 18.8 Å². The lowest BCUT2D eigenvalue weighted by Crippen LogP contribution is -2.25. The van der Waals surface area contributed by atoms with Crippen LogP contribution in [0, 0.1) is 13.8 Å². The minimum atomic E-state index is -0.221. The molecule has 1 heterocycles. The van der Waals surface area contributed by atoms with Gasteiger partial charge in [0.1, 0.15) is 5.69 Å².